The average molecular weight is 255 g/mol. The van der Waals surface area contributed by atoms with Crippen LogP contribution in [0, 0.1) is 0 Å². The zero-order chi connectivity index (χ0) is 12.6. The Morgan fingerprint density at radius 3 is 2.38 bits per heavy atom. The molecule has 0 radical (unpaired) electrons. The van der Waals surface area contributed by atoms with Crippen molar-refractivity contribution in [1.29, 1.82) is 0 Å². The number of piperidine rings is 1. The molecule has 1 fully saturated rings. The first-order valence-electron chi connectivity index (χ1n) is 4.94. The van der Waals surface area contributed by atoms with E-state index in [-0.39, 0.29) is 12.0 Å². The second-order valence-corrected chi connectivity index (χ2v) is 4.10. The number of esters is 1. The second-order valence-electron chi connectivity index (χ2n) is 3.20. The maximum Gasteiger partial charge on any atom is 0.394 e. The summed E-state index contributed by atoms with van der Waals surface area (Å²) in [4.78, 5) is 11.1. The van der Waals surface area contributed by atoms with Gasteiger partial charge in [0.25, 0.3) is 0 Å². The van der Waals surface area contributed by atoms with Gasteiger partial charge in [-0.25, -0.2) is 0 Å². The number of carbonyl (C=O) groups is 1. The molecule has 0 bridgehead atoms. The molecular formula is C8H17NO6S. The van der Waals surface area contributed by atoms with Crippen LogP contribution in [0.2, 0.25) is 0 Å². The zero-order valence-electron chi connectivity index (χ0n) is 9.05. The lowest BCUT2D eigenvalue weighted by Crippen LogP contribution is -2.41. The van der Waals surface area contributed by atoms with Crippen LogP contribution in [0.3, 0.4) is 0 Å². The molecule has 0 aromatic heterocycles. The molecule has 7 nitrogen and oxygen atoms in total. The van der Waals surface area contributed by atoms with E-state index in [1.807, 2.05) is 6.92 Å². The van der Waals surface area contributed by atoms with E-state index in [9.17, 15) is 4.79 Å². The summed E-state index contributed by atoms with van der Waals surface area (Å²) < 4.78 is 36.5. The maximum atomic E-state index is 11.1. The Hall–Kier alpha value is -0.700. The SMILES string of the molecule is CCOC(=O)C1CCCCN1.O=S(=O)(O)O. The molecule has 3 N–H and O–H groups in total. The van der Waals surface area contributed by atoms with Crippen LogP contribution in [0.4, 0.5) is 0 Å². The van der Waals surface area contributed by atoms with Crippen molar-refractivity contribution in [2.75, 3.05) is 13.2 Å². The quantitative estimate of drug-likeness (QED) is 0.471. The van der Waals surface area contributed by atoms with E-state index in [1.54, 1.807) is 0 Å². The summed E-state index contributed by atoms with van der Waals surface area (Å²) in [6.45, 7) is 3.27. The van der Waals surface area contributed by atoms with Crippen molar-refractivity contribution in [3.8, 4) is 0 Å². The fraction of sp³-hybridized carbons (Fsp3) is 0.875. The molecule has 0 spiro atoms. The Morgan fingerprint density at radius 1 is 1.44 bits per heavy atom. The molecule has 1 atom stereocenters. The highest BCUT2D eigenvalue weighted by Gasteiger charge is 2.20. The molecule has 1 saturated heterocycles. The molecule has 1 aliphatic heterocycles. The minimum atomic E-state index is -4.67. The van der Waals surface area contributed by atoms with Gasteiger partial charge in [-0.15, -0.1) is 0 Å². The summed E-state index contributed by atoms with van der Waals surface area (Å²) in [6.07, 6.45) is 3.24. The van der Waals surface area contributed by atoms with Crippen LogP contribution in [0.1, 0.15) is 26.2 Å². The van der Waals surface area contributed by atoms with Crippen molar-refractivity contribution < 1.29 is 27.1 Å². The molecular weight excluding hydrogens is 238 g/mol. The van der Waals surface area contributed by atoms with Crippen molar-refractivity contribution in [3.63, 3.8) is 0 Å². The highest BCUT2D eigenvalue weighted by atomic mass is 32.3. The minimum absolute atomic E-state index is 0.0382. The first-order valence-corrected chi connectivity index (χ1v) is 6.34. The number of ether oxygens (including phenoxy) is 1. The van der Waals surface area contributed by atoms with Crippen LogP contribution < -0.4 is 5.32 Å². The monoisotopic (exact) mass is 255 g/mol. The lowest BCUT2D eigenvalue weighted by molar-refractivity contribution is -0.146. The van der Waals surface area contributed by atoms with Gasteiger partial charge in [-0.2, -0.15) is 8.42 Å². The number of rotatable bonds is 2. The van der Waals surface area contributed by atoms with Crippen molar-refractivity contribution in [2.24, 2.45) is 0 Å². The summed E-state index contributed by atoms with van der Waals surface area (Å²) in [7, 11) is -4.67. The molecule has 96 valence electrons. The largest absolute Gasteiger partial charge is 0.465 e. The van der Waals surface area contributed by atoms with Gasteiger partial charge < -0.3 is 10.1 Å². The van der Waals surface area contributed by atoms with Gasteiger partial charge in [-0.1, -0.05) is 6.42 Å². The minimum Gasteiger partial charge on any atom is -0.465 e. The summed E-state index contributed by atoms with van der Waals surface area (Å²) in [5.41, 5.74) is 0. The number of hydrogen-bond donors (Lipinski definition) is 3. The molecule has 1 unspecified atom stereocenters. The summed E-state index contributed by atoms with van der Waals surface area (Å²) in [5, 5.41) is 3.13. The molecule has 1 aliphatic rings. The highest BCUT2D eigenvalue weighted by Crippen LogP contribution is 2.07. The maximum absolute atomic E-state index is 11.1. The predicted molar refractivity (Wildman–Crippen MR) is 56.5 cm³/mol. The third kappa shape index (κ3) is 9.84. The Kier molecular flexibility index (Phi) is 7.22. The molecule has 0 saturated carbocycles. The summed E-state index contributed by atoms with van der Waals surface area (Å²) >= 11 is 0. The Bertz CT molecular complexity index is 288. The number of nitrogens with one attached hydrogen (secondary N) is 1. The summed E-state index contributed by atoms with van der Waals surface area (Å²) in [5.74, 6) is -0.0906. The smallest absolute Gasteiger partial charge is 0.394 e. The van der Waals surface area contributed by atoms with Crippen molar-refractivity contribution >= 4 is 16.4 Å². The second kappa shape index (κ2) is 7.55. The van der Waals surface area contributed by atoms with Crippen LogP contribution in [-0.4, -0.2) is 42.7 Å². The van der Waals surface area contributed by atoms with E-state index in [2.05, 4.69) is 5.32 Å². The molecule has 8 heteroatoms. The van der Waals surface area contributed by atoms with E-state index in [0.717, 1.165) is 19.4 Å². The Labute approximate surface area is 94.8 Å². The zero-order valence-corrected chi connectivity index (χ0v) is 9.87. The van der Waals surface area contributed by atoms with E-state index in [1.165, 1.54) is 6.42 Å². The van der Waals surface area contributed by atoms with Crippen LogP contribution in [0.15, 0.2) is 0 Å². The first-order chi connectivity index (χ1) is 7.34. The predicted octanol–water partition coefficient (Wildman–Crippen LogP) is 0.0388. The number of hydrogen-bond acceptors (Lipinski definition) is 5. The molecule has 0 aromatic rings. The standard InChI is InChI=1S/C8H15NO2.H2O4S/c1-2-11-8(10)7-5-3-4-6-9-7;1-5(2,3)4/h7,9H,2-6H2,1H3;(H2,1,2,3,4). The average Bonchev–Trinajstić information content (AvgIpc) is 2.17. The third-order valence-electron chi connectivity index (χ3n) is 1.88. The fourth-order valence-electron chi connectivity index (χ4n) is 1.30. The van der Waals surface area contributed by atoms with E-state index in [0.29, 0.717) is 6.61 Å². The first kappa shape index (κ1) is 15.3. The van der Waals surface area contributed by atoms with Gasteiger partial charge in [0.2, 0.25) is 0 Å². The van der Waals surface area contributed by atoms with Crippen LogP contribution in [-0.2, 0) is 19.9 Å². The normalized spacial score (nSPS) is 20.6. The Morgan fingerprint density at radius 2 is 2.00 bits per heavy atom. The van der Waals surface area contributed by atoms with Crippen LogP contribution in [0.25, 0.3) is 0 Å². The van der Waals surface area contributed by atoms with Gasteiger partial charge in [-0.3, -0.25) is 13.9 Å². The van der Waals surface area contributed by atoms with Crippen LogP contribution >= 0.6 is 0 Å². The topological polar surface area (TPSA) is 113 Å². The molecule has 0 aliphatic carbocycles. The van der Waals surface area contributed by atoms with Gasteiger partial charge in [0.1, 0.15) is 6.04 Å². The molecule has 0 amide bonds. The van der Waals surface area contributed by atoms with Gasteiger partial charge in [0, 0.05) is 0 Å². The van der Waals surface area contributed by atoms with E-state index >= 15 is 0 Å². The van der Waals surface area contributed by atoms with Gasteiger partial charge in [0.05, 0.1) is 6.61 Å². The van der Waals surface area contributed by atoms with Crippen molar-refractivity contribution in [2.45, 2.75) is 32.2 Å². The molecule has 0 aromatic carbocycles. The van der Waals surface area contributed by atoms with Crippen LogP contribution in [0.5, 0.6) is 0 Å². The van der Waals surface area contributed by atoms with Crippen molar-refractivity contribution in [1.82, 2.24) is 5.32 Å². The van der Waals surface area contributed by atoms with E-state index < -0.39 is 10.4 Å². The molecule has 1 heterocycles. The summed E-state index contributed by atoms with van der Waals surface area (Å²) in [6, 6.07) is -0.0382. The Balaban J connectivity index is 0.000000385. The molecule has 16 heavy (non-hydrogen) atoms. The highest BCUT2D eigenvalue weighted by molar-refractivity contribution is 7.79. The van der Waals surface area contributed by atoms with E-state index in [4.69, 9.17) is 22.3 Å². The van der Waals surface area contributed by atoms with Gasteiger partial charge >= 0.3 is 16.4 Å². The lowest BCUT2D eigenvalue weighted by atomic mass is 10.1. The van der Waals surface area contributed by atoms with Gasteiger partial charge in [-0.05, 0) is 26.3 Å². The fourth-order valence-corrected chi connectivity index (χ4v) is 1.30. The third-order valence-corrected chi connectivity index (χ3v) is 1.88. The lowest BCUT2D eigenvalue weighted by Gasteiger charge is -2.21. The molecule has 1 rings (SSSR count). The van der Waals surface area contributed by atoms with Gasteiger partial charge in [0.15, 0.2) is 0 Å². The number of carbonyl (C=O) groups excluding carboxylic acids is 1. The van der Waals surface area contributed by atoms with Crippen molar-refractivity contribution in [3.05, 3.63) is 0 Å².